The molecule has 1 aromatic heterocycles. The minimum Gasteiger partial charge on any atom is -0.384 e. The van der Waals surface area contributed by atoms with Gasteiger partial charge in [-0.15, -0.1) is 0 Å². The first-order valence-electron chi connectivity index (χ1n) is 5.61. The molecule has 0 radical (unpaired) electrons. The Morgan fingerprint density at radius 3 is 2.67 bits per heavy atom. The Morgan fingerprint density at radius 2 is 2.11 bits per heavy atom. The fraction of sp³-hybridized carbons (Fsp3) is 0.231. The first-order valence-corrected chi connectivity index (χ1v) is 6.43. The van der Waals surface area contributed by atoms with Crippen molar-refractivity contribution in [3.05, 3.63) is 41.1 Å². The Kier molecular flexibility index (Phi) is 3.43. The molecule has 0 saturated carbocycles. The van der Waals surface area contributed by atoms with Crippen LogP contribution in [0.1, 0.15) is 16.8 Å². The van der Waals surface area contributed by atoms with E-state index < -0.39 is 0 Å². The molecule has 5 heteroatoms. The van der Waals surface area contributed by atoms with E-state index in [1.807, 2.05) is 49.8 Å². The SMILES string of the molecule is Cc1cc(Sc2c(C)cccc2C(=N)N)n(C)n1. The van der Waals surface area contributed by atoms with E-state index in [-0.39, 0.29) is 5.84 Å². The summed E-state index contributed by atoms with van der Waals surface area (Å²) in [6.07, 6.45) is 0. The van der Waals surface area contributed by atoms with Crippen LogP contribution in [0.4, 0.5) is 0 Å². The number of amidine groups is 1. The third-order valence-electron chi connectivity index (χ3n) is 2.67. The summed E-state index contributed by atoms with van der Waals surface area (Å²) in [6.45, 7) is 3.99. The van der Waals surface area contributed by atoms with Crippen LogP contribution in [0, 0.1) is 19.3 Å². The molecule has 0 bridgehead atoms. The summed E-state index contributed by atoms with van der Waals surface area (Å²) in [5.74, 6) is 0.0973. The second-order valence-corrected chi connectivity index (χ2v) is 5.25. The molecule has 0 unspecified atom stereocenters. The molecule has 2 rings (SSSR count). The largest absolute Gasteiger partial charge is 0.384 e. The Labute approximate surface area is 111 Å². The van der Waals surface area contributed by atoms with Crippen molar-refractivity contribution in [2.45, 2.75) is 23.8 Å². The van der Waals surface area contributed by atoms with E-state index in [9.17, 15) is 0 Å². The van der Waals surface area contributed by atoms with Crippen LogP contribution in [0.3, 0.4) is 0 Å². The van der Waals surface area contributed by atoms with Gasteiger partial charge in [0.15, 0.2) is 0 Å². The summed E-state index contributed by atoms with van der Waals surface area (Å²) in [7, 11) is 1.92. The minimum atomic E-state index is 0.0973. The predicted octanol–water partition coefficient (Wildman–Crippen LogP) is 2.47. The zero-order chi connectivity index (χ0) is 13.3. The molecule has 0 atom stereocenters. The van der Waals surface area contributed by atoms with Gasteiger partial charge in [0.05, 0.1) is 10.7 Å². The Morgan fingerprint density at radius 1 is 1.39 bits per heavy atom. The van der Waals surface area contributed by atoms with Gasteiger partial charge in [-0.1, -0.05) is 30.0 Å². The number of nitrogen functional groups attached to an aromatic ring is 1. The summed E-state index contributed by atoms with van der Waals surface area (Å²) in [5, 5.41) is 13.0. The maximum absolute atomic E-state index is 7.64. The molecule has 1 heterocycles. The van der Waals surface area contributed by atoms with E-state index in [1.165, 1.54) is 0 Å². The van der Waals surface area contributed by atoms with Gasteiger partial charge in [-0.3, -0.25) is 10.1 Å². The molecule has 0 saturated heterocycles. The number of aryl methyl sites for hydroxylation is 3. The van der Waals surface area contributed by atoms with Crippen LogP contribution in [-0.2, 0) is 7.05 Å². The summed E-state index contributed by atoms with van der Waals surface area (Å²) in [5.41, 5.74) is 8.51. The van der Waals surface area contributed by atoms with Crippen molar-refractivity contribution in [2.24, 2.45) is 12.8 Å². The number of nitrogens with zero attached hydrogens (tertiary/aromatic N) is 2. The number of rotatable bonds is 3. The molecule has 2 aromatic rings. The monoisotopic (exact) mass is 260 g/mol. The molecule has 18 heavy (non-hydrogen) atoms. The normalized spacial score (nSPS) is 10.6. The lowest BCUT2D eigenvalue weighted by atomic mass is 10.1. The summed E-state index contributed by atoms with van der Waals surface area (Å²) >= 11 is 1.60. The molecule has 94 valence electrons. The highest BCUT2D eigenvalue weighted by Crippen LogP contribution is 2.33. The average molecular weight is 260 g/mol. The molecular weight excluding hydrogens is 244 g/mol. The highest BCUT2D eigenvalue weighted by atomic mass is 32.2. The van der Waals surface area contributed by atoms with E-state index in [4.69, 9.17) is 11.1 Å². The van der Waals surface area contributed by atoms with Gasteiger partial charge in [0.2, 0.25) is 0 Å². The van der Waals surface area contributed by atoms with Crippen LogP contribution in [-0.4, -0.2) is 15.6 Å². The van der Waals surface area contributed by atoms with Crippen molar-refractivity contribution >= 4 is 17.6 Å². The molecule has 0 fully saturated rings. The van der Waals surface area contributed by atoms with Crippen LogP contribution in [0.2, 0.25) is 0 Å². The van der Waals surface area contributed by atoms with Gasteiger partial charge in [-0.25, -0.2) is 0 Å². The fourth-order valence-electron chi connectivity index (χ4n) is 1.79. The van der Waals surface area contributed by atoms with Crippen molar-refractivity contribution in [3.8, 4) is 0 Å². The van der Waals surface area contributed by atoms with E-state index in [1.54, 1.807) is 11.8 Å². The Balaban J connectivity index is 2.45. The van der Waals surface area contributed by atoms with Gasteiger partial charge in [0.1, 0.15) is 5.84 Å². The second-order valence-electron chi connectivity index (χ2n) is 4.21. The lowest BCUT2D eigenvalue weighted by Gasteiger charge is -2.10. The van der Waals surface area contributed by atoms with Gasteiger partial charge in [0.25, 0.3) is 0 Å². The zero-order valence-corrected chi connectivity index (χ0v) is 11.5. The second kappa shape index (κ2) is 4.86. The summed E-state index contributed by atoms with van der Waals surface area (Å²) in [6, 6.07) is 7.85. The van der Waals surface area contributed by atoms with Gasteiger partial charge in [0, 0.05) is 17.5 Å². The molecule has 4 nitrogen and oxygen atoms in total. The van der Waals surface area contributed by atoms with E-state index in [0.717, 1.165) is 26.7 Å². The molecule has 1 aromatic carbocycles. The fourth-order valence-corrected chi connectivity index (χ4v) is 2.92. The number of hydrogen-bond acceptors (Lipinski definition) is 3. The number of nitrogens with one attached hydrogen (secondary N) is 1. The van der Waals surface area contributed by atoms with Gasteiger partial charge in [-0.2, -0.15) is 5.10 Å². The molecule has 3 N–H and O–H groups in total. The van der Waals surface area contributed by atoms with Crippen molar-refractivity contribution in [2.75, 3.05) is 0 Å². The first kappa shape index (κ1) is 12.7. The molecule has 0 amide bonds. The Bertz CT molecular complexity index is 601. The van der Waals surface area contributed by atoms with Crippen molar-refractivity contribution in [1.82, 2.24) is 9.78 Å². The van der Waals surface area contributed by atoms with Gasteiger partial charge >= 0.3 is 0 Å². The van der Waals surface area contributed by atoms with Crippen LogP contribution >= 0.6 is 11.8 Å². The highest BCUT2D eigenvalue weighted by Gasteiger charge is 2.12. The van der Waals surface area contributed by atoms with Crippen molar-refractivity contribution in [1.29, 1.82) is 5.41 Å². The third-order valence-corrected chi connectivity index (χ3v) is 4.00. The summed E-state index contributed by atoms with van der Waals surface area (Å²) in [4.78, 5) is 1.02. The predicted molar refractivity (Wildman–Crippen MR) is 74.3 cm³/mol. The summed E-state index contributed by atoms with van der Waals surface area (Å²) < 4.78 is 1.84. The first-order chi connectivity index (χ1) is 8.49. The van der Waals surface area contributed by atoms with Gasteiger partial charge < -0.3 is 5.73 Å². The van der Waals surface area contributed by atoms with Crippen LogP contribution in [0.15, 0.2) is 34.2 Å². The lowest BCUT2D eigenvalue weighted by molar-refractivity contribution is 0.692. The van der Waals surface area contributed by atoms with Crippen LogP contribution in [0.5, 0.6) is 0 Å². The van der Waals surface area contributed by atoms with E-state index >= 15 is 0 Å². The lowest BCUT2D eigenvalue weighted by Crippen LogP contribution is -2.12. The number of benzene rings is 1. The van der Waals surface area contributed by atoms with Gasteiger partial charge in [-0.05, 0) is 25.5 Å². The number of aromatic nitrogens is 2. The quantitative estimate of drug-likeness (QED) is 0.658. The molecule has 0 aliphatic heterocycles. The van der Waals surface area contributed by atoms with Crippen molar-refractivity contribution < 1.29 is 0 Å². The molecule has 0 aliphatic carbocycles. The molecule has 0 aliphatic rings. The smallest absolute Gasteiger partial charge is 0.123 e. The average Bonchev–Trinajstić information content (AvgIpc) is 2.60. The topological polar surface area (TPSA) is 67.7 Å². The van der Waals surface area contributed by atoms with E-state index in [2.05, 4.69) is 5.10 Å². The van der Waals surface area contributed by atoms with Crippen LogP contribution in [0.25, 0.3) is 0 Å². The number of hydrogen-bond donors (Lipinski definition) is 2. The number of nitrogens with two attached hydrogens (primary N) is 1. The molecule has 0 spiro atoms. The van der Waals surface area contributed by atoms with E-state index in [0.29, 0.717) is 0 Å². The highest BCUT2D eigenvalue weighted by molar-refractivity contribution is 7.99. The zero-order valence-electron chi connectivity index (χ0n) is 10.7. The van der Waals surface area contributed by atoms with Crippen LogP contribution < -0.4 is 5.73 Å². The van der Waals surface area contributed by atoms with Crippen molar-refractivity contribution in [3.63, 3.8) is 0 Å². The Hall–Kier alpha value is -1.75. The minimum absolute atomic E-state index is 0.0973. The standard InChI is InChI=1S/C13H16N4S/c1-8-5-4-6-10(13(14)15)12(8)18-11-7-9(2)16-17(11)3/h4-7H,1-3H3,(H3,14,15). The third kappa shape index (κ3) is 2.41. The molecular formula is C13H16N4S. The maximum Gasteiger partial charge on any atom is 0.123 e. The maximum atomic E-state index is 7.64.